The molecular formula is C7H16N2. The molecule has 0 aliphatic rings. The highest BCUT2D eigenvalue weighted by atomic mass is 15.1. The van der Waals surface area contributed by atoms with Gasteiger partial charge < -0.3 is 0 Å². The van der Waals surface area contributed by atoms with E-state index in [2.05, 4.69) is 24.1 Å². The van der Waals surface area contributed by atoms with Crippen molar-refractivity contribution in [1.82, 2.24) is 0 Å². The van der Waals surface area contributed by atoms with Crippen LogP contribution in [0.1, 0.15) is 27.7 Å². The van der Waals surface area contributed by atoms with Crippen LogP contribution >= 0.6 is 0 Å². The van der Waals surface area contributed by atoms with Crippen molar-refractivity contribution in [2.45, 2.75) is 33.7 Å². The number of azo groups is 1. The van der Waals surface area contributed by atoms with Crippen molar-refractivity contribution in [2.75, 3.05) is 6.54 Å². The van der Waals surface area contributed by atoms with Crippen molar-refractivity contribution in [1.29, 1.82) is 0 Å². The molecule has 0 bridgehead atoms. The molecule has 0 aliphatic heterocycles. The van der Waals surface area contributed by atoms with Crippen molar-refractivity contribution < 1.29 is 0 Å². The highest BCUT2D eigenvalue weighted by Gasteiger charge is 1.89. The van der Waals surface area contributed by atoms with Gasteiger partial charge >= 0.3 is 0 Å². The predicted molar refractivity (Wildman–Crippen MR) is 39.7 cm³/mol. The fourth-order valence-corrected chi connectivity index (χ4v) is 0.374. The maximum atomic E-state index is 4.00. The van der Waals surface area contributed by atoms with Gasteiger partial charge in [0.2, 0.25) is 0 Å². The molecule has 0 N–H and O–H groups in total. The smallest absolute Gasteiger partial charge is 0.0652 e. The molecular weight excluding hydrogens is 112 g/mol. The molecule has 0 atom stereocenters. The van der Waals surface area contributed by atoms with E-state index < -0.39 is 0 Å². The molecule has 0 rings (SSSR count). The van der Waals surface area contributed by atoms with Crippen molar-refractivity contribution in [3.8, 4) is 0 Å². The molecule has 54 valence electrons. The molecule has 0 aliphatic carbocycles. The first kappa shape index (κ1) is 8.60. The molecule has 0 heterocycles. The van der Waals surface area contributed by atoms with E-state index in [9.17, 15) is 0 Å². The molecule has 0 spiro atoms. The summed E-state index contributed by atoms with van der Waals surface area (Å²) >= 11 is 0. The Balaban J connectivity index is 3.25. The summed E-state index contributed by atoms with van der Waals surface area (Å²) in [6.45, 7) is 9.20. The maximum absolute atomic E-state index is 4.00. The molecule has 0 saturated heterocycles. The Bertz CT molecular complexity index is 84.9. The zero-order chi connectivity index (χ0) is 7.28. The minimum absolute atomic E-state index is 0.351. The molecule has 0 saturated carbocycles. The second-order valence-electron chi connectivity index (χ2n) is 2.93. The first-order valence-electron chi connectivity index (χ1n) is 3.49. The van der Waals surface area contributed by atoms with Crippen LogP contribution in [-0.4, -0.2) is 12.6 Å². The van der Waals surface area contributed by atoms with Gasteiger partial charge in [0.25, 0.3) is 0 Å². The van der Waals surface area contributed by atoms with Gasteiger partial charge in [0.1, 0.15) is 0 Å². The molecule has 0 aromatic rings. The van der Waals surface area contributed by atoms with Crippen LogP contribution in [0, 0.1) is 5.92 Å². The molecule has 0 radical (unpaired) electrons. The average molecular weight is 128 g/mol. The van der Waals surface area contributed by atoms with Gasteiger partial charge in [-0.1, -0.05) is 13.8 Å². The van der Waals surface area contributed by atoms with Gasteiger partial charge in [-0.25, -0.2) is 0 Å². The third-order valence-electron chi connectivity index (χ3n) is 0.759. The van der Waals surface area contributed by atoms with Gasteiger partial charge in [0.15, 0.2) is 0 Å². The van der Waals surface area contributed by atoms with Crippen LogP contribution in [0.25, 0.3) is 0 Å². The summed E-state index contributed by atoms with van der Waals surface area (Å²) in [5.74, 6) is 0.632. The van der Waals surface area contributed by atoms with Crippen LogP contribution in [0.15, 0.2) is 10.2 Å². The van der Waals surface area contributed by atoms with Gasteiger partial charge in [-0.15, -0.1) is 0 Å². The summed E-state index contributed by atoms with van der Waals surface area (Å²) in [6.07, 6.45) is 0. The molecule has 0 fully saturated rings. The molecule has 0 unspecified atom stereocenters. The van der Waals surface area contributed by atoms with Gasteiger partial charge in [-0.3, -0.25) is 0 Å². The van der Waals surface area contributed by atoms with Gasteiger partial charge in [-0.2, -0.15) is 10.2 Å². The molecule has 2 heteroatoms. The standard InChI is InChI=1S/C7H16N2/c1-6(2)5-8-9-7(3)4/h6-7H,5H2,1-4H3/b9-8-. The fourth-order valence-electron chi connectivity index (χ4n) is 0.374. The predicted octanol–water partition coefficient (Wildman–Crippen LogP) is 2.50. The maximum Gasteiger partial charge on any atom is 0.0652 e. The highest BCUT2D eigenvalue weighted by molar-refractivity contribution is 4.48. The zero-order valence-electron chi connectivity index (χ0n) is 6.76. The SMILES string of the molecule is CC(C)C/N=N\C(C)C. The number of hydrogen-bond donors (Lipinski definition) is 0. The molecule has 2 nitrogen and oxygen atoms in total. The average Bonchev–Trinajstić information content (AvgIpc) is 1.63. The summed E-state index contributed by atoms with van der Waals surface area (Å²) in [5.41, 5.74) is 0. The van der Waals surface area contributed by atoms with E-state index in [0.29, 0.717) is 12.0 Å². The third kappa shape index (κ3) is 7.60. The van der Waals surface area contributed by atoms with E-state index >= 15 is 0 Å². The quantitative estimate of drug-likeness (QED) is 0.522. The normalized spacial score (nSPS) is 12.2. The van der Waals surface area contributed by atoms with Crippen molar-refractivity contribution in [3.05, 3.63) is 0 Å². The fraction of sp³-hybridized carbons (Fsp3) is 1.00. The van der Waals surface area contributed by atoms with Crippen LogP contribution in [0.5, 0.6) is 0 Å². The van der Waals surface area contributed by atoms with Crippen LogP contribution in [0.4, 0.5) is 0 Å². The summed E-state index contributed by atoms with van der Waals surface area (Å²) in [4.78, 5) is 0. The first-order chi connectivity index (χ1) is 4.13. The zero-order valence-corrected chi connectivity index (χ0v) is 6.76. The second kappa shape index (κ2) is 4.48. The Morgan fingerprint density at radius 2 is 1.67 bits per heavy atom. The highest BCUT2D eigenvalue weighted by Crippen LogP contribution is 1.94. The van der Waals surface area contributed by atoms with E-state index in [1.165, 1.54) is 0 Å². The first-order valence-corrected chi connectivity index (χ1v) is 3.49. The van der Waals surface area contributed by atoms with E-state index in [0.717, 1.165) is 6.54 Å². The van der Waals surface area contributed by atoms with Gasteiger partial charge in [0, 0.05) is 0 Å². The van der Waals surface area contributed by atoms with Crippen LogP contribution in [0.2, 0.25) is 0 Å². The monoisotopic (exact) mass is 128 g/mol. The largest absolute Gasteiger partial charge is 0.194 e. The molecule has 0 aromatic carbocycles. The second-order valence-corrected chi connectivity index (χ2v) is 2.93. The van der Waals surface area contributed by atoms with E-state index in [1.807, 2.05) is 13.8 Å². The lowest BCUT2D eigenvalue weighted by molar-refractivity contribution is 0.618. The minimum atomic E-state index is 0.351. The van der Waals surface area contributed by atoms with Gasteiger partial charge in [-0.05, 0) is 19.8 Å². The van der Waals surface area contributed by atoms with Crippen LogP contribution in [-0.2, 0) is 0 Å². The van der Waals surface area contributed by atoms with Crippen molar-refractivity contribution in [2.24, 2.45) is 16.1 Å². The van der Waals surface area contributed by atoms with Crippen LogP contribution in [0.3, 0.4) is 0 Å². The number of hydrogen-bond acceptors (Lipinski definition) is 2. The molecule has 0 aromatic heterocycles. The van der Waals surface area contributed by atoms with Crippen molar-refractivity contribution >= 4 is 0 Å². The lowest BCUT2D eigenvalue weighted by Crippen LogP contribution is -1.92. The Labute approximate surface area is 57.4 Å². The lowest BCUT2D eigenvalue weighted by atomic mass is 10.2. The summed E-state index contributed by atoms with van der Waals surface area (Å²) in [5, 5.41) is 7.99. The number of nitrogens with zero attached hydrogens (tertiary/aromatic N) is 2. The Morgan fingerprint density at radius 3 is 2.00 bits per heavy atom. The Kier molecular flexibility index (Phi) is 4.28. The molecule has 0 amide bonds. The van der Waals surface area contributed by atoms with Gasteiger partial charge in [0.05, 0.1) is 12.6 Å². The summed E-state index contributed by atoms with van der Waals surface area (Å²) in [6, 6.07) is 0.351. The van der Waals surface area contributed by atoms with E-state index in [1.54, 1.807) is 0 Å². The minimum Gasteiger partial charge on any atom is -0.194 e. The summed E-state index contributed by atoms with van der Waals surface area (Å²) < 4.78 is 0. The summed E-state index contributed by atoms with van der Waals surface area (Å²) in [7, 11) is 0. The van der Waals surface area contributed by atoms with Crippen LogP contribution < -0.4 is 0 Å². The molecule has 9 heavy (non-hydrogen) atoms. The lowest BCUT2D eigenvalue weighted by Gasteiger charge is -1.96. The Hall–Kier alpha value is -0.400. The topological polar surface area (TPSA) is 24.7 Å². The third-order valence-corrected chi connectivity index (χ3v) is 0.759. The number of rotatable bonds is 3. The Morgan fingerprint density at radius 1 is 1.11 bits per heavy atom. The van der Waals surface area contributed by atoms with E-state index in [4.69, 9.17) is 0 Å². The van der Waals surface area contributed by atoms with Crippen molar-refractivity contribution in [3.63, 3.8) is 0 Å². The van der Waals surface area contributed by atoms with E-state index in [-0.39, 0.29) is 0 Å².